The fourth-order valence-corrected chi connectivity index (χ4v) is 3.56. The van der Waals surface area contributed by atoms with Crippen molar-refractivity contribution in [3.05, 3.63) is 76.9 Å². The summed E-state index contributed by atoms with van der Waals surface area (Å²) in [5.74, 6) is 1.40. The largest absolute Gasteiger partial charge is 0.493 e. The van der Waals surface area contributed by atoms with Crippen LogP contribution < -0.4 is 20.3 Å². The third-order valence-corrected chi connectivity index (χ3v) is 5.19. The Hall–Kier alpha value is -3.33. The second-order valence-corrected chi connectivity index (χ2v) is 7.09. The van der Waals surface area contributed by atoms with Crippen molar-refractivity contribution in [1.29, 1.82) is 0 Å². The van der Waals surface area contributed by atoms with Gasteiger partial charge in [0.05, 0.1) is 14.2 Å². The van der Waals surface area contributed by atoms with Gasteiger partial charge in [-0.15, -0.1) is 16.8 Å². The molecule has 0 saturated carbocycles. The number of nitrogens with zero attached hydrogens (tertiary/aromatic N) is 3. The first-order valence-corrected chi connectivity index (χ1v) is 9.99. The molecule has 0 radical (unpaired) electrons. The molecule has 1 N–H and O–H groups in total. The molecule has 9 heteroatoms. The predicted octanol–water partition coefficient (Wildman–Crippen LogP) is 4.02. The van der Waals surface area contributed by atoms with E-state index in [9.17, 15) is 9.18 Å². The fourth-order valence-electron chi connectivity index (χ4n) is 2.66. The number of benzene rings is 2. The fraction of sp³-hybridized carbons (Fsp3) is 0.190. The molecule has 1 aromatic heterocycles. The van der Waals surface area contributed by atoms with Crippen molar-refractivity contribution in [2.45, 2.75) is 17.5 Å². The average molecular weight is 428 g/mol. The molecular weight excluding hydrogens is 407 g/mol. The molecule has 0 aliphatic heterocycles. The standard InChI is InChI=1S/C21H21FN4O3S/c1-4-11-26-20(27)19(23-16-9-10-17(28-2)18(12-16)29-3)24-25-21(26)30-13-14-5-7-15(22)8-6-14/h4-10,12H,1,11,13H2,2-3H3,(H,23,24). The second-order valence-electron chi connectivity index (χ2n) is 6.15. The molecular formula is C21H21FN4O3S. The Bertz CT molecular complexity index is 1090. The number of allylic oxidation sites excluding steroid dienone is 1. The second kappa shape index (κ2) is 9.93. The minimum absolute atomic E-state index is 0.0789. The summed E-state index contributed by atoms with van der Waals surface area (Å²) < 4.78 is 25.1. The Morgan fingerprint density at radius 1 is 1.13 bits per heavy atom. The maximum Gasteiger partial charge on any atom is 0.297 e. The van der Waals surface area contributed by atoms with Crippen molar-refractivity contribution in [3.63, 3.8) is 0 Å². The summed E-state index contributed by atoms with van der Waals surface area (Å²) >= 11 is 1.34. The topological polar surface area (TPSA) is 78.3 Å². The average Bonchev–Trinajstić information content (AvgIpc) is 2.77. The summed E-state index contributed by atoms with van der Waals surface area (Å²) in [6.45, 7) is 3.99. The van der Waals surface area contributed by atoms with Crippen LogP contribution in [0.2, 0.25) is 0 Å². The first-order valence-electron chi connectivity index (χ1n) is 9.00. The molecule has 2 aromatic carbocycles. The SMILES string of the molecule is C=CCn1c(SCc2ccc(F)cc2)nnc(Nc2ccc(OC)c(OC)c2)c1=O. The lowest BCUT2D eigenvalue weighted by molar-refractivity contribution is 0.355. The summed E-state index contributed by atoms with van der Waals surface area (Å²) in [6.07, 6.45) is 1.62. The van der Waals surface area contributed by atoms with Gasteiger partial charge in [0, 0.05) is 24.1 Å². The maximum absolute atomic E-state index is 13.1. The number of ether oxygens (including phenoxy) is 2. The van der Waals surface area contributed by atoms with Gasteiger partial charge in [0.25, 0.3) is 5.56 Å². The van der Waals surface area contributed by atoms with Crippen LogP contribution in [-0.2, 0) is 12.3 Å². The number of anilines is 2. The van der Waals surface area contributed by atoms with Gasteiger partial charge in [0.1, 0.15) is 5.82 Å². The van der Waals surface area contributed by atoms with E-state index in [4.69, 9.17) is 9.47 Å². The van der Waals surface area contributed by atoms with Crippen LogP contribution in [0.15, 0.2) is 65.1 Å². The number of thioether (sulfide) groups is 1. The number of hydrogen-bond donors (Lipinski definition) is 1. The molecule has 0 fully saturated rings. The van der Waals surface area contributed by atoms with Crippen LogP contribution in [-0.4, -0.2) is 29.0 Å². The van der Waals surface area contributed by atoms with Gasteiger partial charge in [0.2, 0.25) is 5.82 Å². The van der Waals surface area contributed by atoms with E-state index in [0.717, 1.165) is 5.56 Å². The van der Waals surface area contributed by atoms with Crippen molar-refractivity contribution in [1.82, 2.24) is 14.8 Å². The highest BCUT2D eigenvalue weighted by atomic mass is 32.2. The van der Waals surface area contributed by atoms with Crippen molar-refractivity contribution in [2.24, 2.45) is 0 Å². The summed E-state index contributed by atoms with van der Waals surface area (Å²) in [4.78, 5) is 12.9. The third kappa shape index (κ3) is 4.98. The Morgan fingerprint density at radius 3 is 2.53 bits per heavy atom. The highest BCUT2D eigenvalue weighted by Gasteiger charge is 2.13. The van der Waals surface area contributed by atoms with E-state index in [1.165, 1.54) is 35.6 Å². The van der Waals surface area contributed by atoms with E-state index < -0.39 is 0 Å². The van der Waals surface area contributed by atoms with Crippen LogP contribution >= 0.6 is 11.8 Å². The summed E-state index contributed by atoms with van der Waals surface area (Å²) in [6, 6.07) is 11.4. The minimum atomic E-state index is -0.332. The number of aromatic nitrogens is 3. The minimum Gasteiger partial charge on any atom is -0.493 e. The first kappa shape index (κ1) is 21.4. The Balaban J connectivity index is 1.85. The van der Waals surface area contributed by atoms with Gasteiger partial charge in [-0.25, -0.2) is 4.39 Å². The lowest BCUT2D eigenvalue weighted by atomic mass is 10.2. The molecule has 0 bridgehead atoms. The highest BCUT2D eigenvalue weighted by Crippen LogP contribution is 2.30. The molecule has 3 aromatic rings. The highest BCUT2D eigenvalue weighted by molar-refractivity contribution is 7.98. The van der Waals surface area contributed by atoms with Gasteiger partial charge in [-0.05, 0) is 29.8 Å². The third-order valence-electron chi connectivity index (χ3n) is 4.15. The van der Waals surface area contributed by atoms with Gasteiger partial charge in [-0.2, -0.15) is 0 Å². The summed E-state index contributed by atoms with van der Waals surface area (Å²) in [5, 5.41) is 11.7. The number of nitrogens with one attached hydrogen (secondary N) is 1. The first-order chi connectivity index (χ1) is 14.5. The molecule has 0 amide bonds. The van der Waals surface area contributed by atoms with Crippen LogP contribution in [0.3, 0.4) is 0 Å². The molecule has 156 valence electrons. The molecule has 3 rings (SSSR count). The van der Waals surface area contributed by atoms with Crippen LogP contribution in [0.5, 0.6) is 11.5 Å². The van der Waals surface area contributed by atoms with Crippen LogP contribution in [0.25, 0.3) is 0 Å². The lowest BCUT2D eigenvalue weighted by Crippen LogP contribution is -2.26. The number of methoxy groups -OCH3 is 2. The van der Waals surface area contributed by atoms with Gasteiger partial charge in [-0.1, -0.05) is 30.0 Å². The quantitative estimate of drug-likeness (QED) is 0.407. The molecule has 7 nitrogen and oxygen atoms in total. The van der Waals surface area contributed by atoms with Gasteiger partial charge in [-0.3, -0.25) is 9.36 Å². The Morgan fingerprint density at radius 2 is 1.87 bits per heavy atom. The van der Waals surface area contributed by atoms with Gasteiger partial charge < -0.3 is 14.8 Å². The molecule has 0 spiro atoms. The zero-order chi connectivity index (χ0) is 21.5. The smallest absolute Gasteiger partial charge is 0.297 e. The van der Waals surface area contributed by atoms with E-state index in [-0.39, 0.29) is 23.7 Å². The molecule has 0 unspecified atom stereocenters. The zero-order valence-electron chi connectivity index (χ0n) is 16.6. The van der Waals surface area contributed by atoms with Gasteiger partial charge >= 0.3 is 0 Å². The van der Waals surface area contributed by atoms with Gasteiger partial charge in [0.15, 0.2) is 16.7 Å². The lowest BCUT2D eigenvalue weighted by Gasteiger charge is -2.13. The number of halogens is 1. The van der Waals surface area contributed by atoms with E-state index in [1.54, 1.807) is 43.5 Å². The van der Waals surface area contributed by atoms with Crippen molar-refractivity contribution in [3.8, 4) is 11.5 Å². The zero-order valence-corrected chi connectivity index (χ0v) is 17.4. The van der Waals surface area contributed by atoms with Crippen LogP contribution in [0, 0.1) is 5.82 Å². The summed E-state index contributed by atoms with van der Waals surface area (Å²) in [5.41, 5.74) is 1.19. The molecule has 30 heavy (non-hydrogen) atoms. The normalized spacial score (nSPS) is 10.5. The van der Waals surface area contributed by atoms with E-state index >= 15 is 0 Å². The van der Waals surface area contributed by atoms with E-state index in [1.807, 2.05) is 0 Å². The number of rotatable bonds is 9. The molecule has 0 saturated heterocycles. The summed E-state index contributed by atoms with van der Waals surface area (Å²) in [7, 11) is 3.08. The Labute approximate surface area is 177 Å². The number of hydrogen-bond acceptors (Lipinski definition) is 7. The monoisotopic (exact) mass is 428 g/mol. The molecule has 0 aliphatic carbocycles. The predicted molar refractivity (Wildman–Crippen MR) is 115 cm³/mol. The molecule has 1 heterocycles. The van der Waals surface area contributed by atoms with Crippen molar-refractivity contribution < 1.29 is 13.9 Å². The van der Waals surface area contributed by atoms with Crippen molar-refractivity contribution in [2.75, 3.05) is 19.5 Å². The van der Waals surface area contributed by atoms with Crippen LogP contribution in [0.4, 0.5) is 15.9 Å². The van der Waals surface area contributed by atoms with E-state index in [0.29, 0.717) is 28.1 Å². The maximum atomic E-state index is 13.1. The molecule has 0 atom stereocenters. The molecule has 0 aliphatic rings. The van der Waals surface area contributed by atoms with E-state index in [2.05, 4.69) is 22.1 Å². The van der Waals surface area contributed by atoms with Crippen LogP contribution in [0.1, 0.15) is 5.56 Å². The Kier molecular flexibility index (Phi) is 7.08. The van der Waals surface area contributed by atoms with Crippen molar-refractivity contribution >= 4 is 23.3 Å².